The molecule has 0 unspecified atom stereocenters. The first-order valence-corrected chi connectivity index (χ1v) is 11.0. The van der Waals surface area contributed by atoms with Gasteiger partial charge in [0, 0.05) is 40.5 Å². The fourth-order valence-corrected chi connectivity index (χ4v) is 3.97. The van der Waals surface area contributed by atoms with Gasteiger partial charge in [0.25, 0.3) is 0 Å². The molecule has 0 saturated heterocycles. The second-order valence-corrected chi connectivity index (χ2v) is 8.57. The molecule has 0 amide bonds. The molecule has 0 saturated carbocycles. The Balaban J connectivity index is 1.68. The molecule has 9 nitrogen and oxygen atoms in total. The molecule has 3 aromatic heterocycles. The van der Waals surface area contributed by atoms with Gasteiger partial charge in [-0.2, -0.15) is 10.1 Å². The molecule has 188 valence electrons. The number of benzene rings is 2. The van der Waals surface area contributed by atoms with Crippen LogP contribution in [0.5, 0.6) is 0 Å². The van der Waals surface area contributed by atoms with Crippen LogP contribution in [0.1, 0.15) is 9.68 Å². The van der Waals surface area contributed by atoms with E-state index in [-0.39, 0.29) is 26.9 Å². The van der Waals surface area contributed by atoms with Crippen LogP contribution < -0.4 is 16.7 Å². The third kappa shape index (κ3) is 4.68. The van der Waals surface area contributed by atoms with E-state index in [2.05, 4.69) is 20.4 Å². The highest BCUT2D eigenvalue weighted by Crippen LogP contribution is 2.29. The minimum absolute atomic E-state index is 0.00585. The van der Waals surface area contributed by atoms with Gasteiger partial charge in [-0.3, -0.25) is 14.2 Å². The number of anilines is 2. The maximum atomic E-state index is 14.6. The molecule has 0 aliphatic heterocycles. The number of pyridine rings is 1. The molecule has 5 rings (SSSR count). The van der Waals surface area contributed by atoms with E-state index < -0.39 is 53.9 Å². The summed E-state index contributed by atoms with van der Waals surface area (Å²) in [5.41, 5.74) is -2.30. The van der Waals surface area contributed by atoms with Gasteiger partial charge in [-0.05, 0) is 24.3 Å². The first-order chi connectivity index (χ1) is 18.8. The predicted octanol–water partition coefficient (Wildman–Crippen LogP) is 4.19. The fraction of sp³-hybridized carbons (Fsp3) is 0.0870. The summed E-state index contributed by atoms with van der Waals surface area (Å²) in [6.45, 7) is -3.25. The van der Waals surface area contributed by atoms with Gasteiger partial charge in [-0.25, -0.2) is 27.3 Å². The van der Waals surface area contributed by atoms with Crippen molar-refractivity contribution in [3.05, 3.63) is 103 Å². The van der Waals surface area contributed by atoms with E-state index >= 15 is 0 Å². The van der Waals surface area contributed by atoms with Crippen molar-refractivity contribution >= 4 is 45.7 Å². The van der Waals surface area contributed by atoms with Gasteiger partial charge in [0.15, 0.2) is 11.6 Å². The van der Waals surface area contributed by atoms with Crippen molar-refractivity contribution in [1.82, 2.24) is 28.9 Å². The third-order valence-electron chi connectivity index (χ3n) is 5.28. The Morgan fingerprint density at radius 2 is 1.81 bits per heavy atom. The van der Waals surface area contributed by atoms with Gasteiger partial charge in [-0.1, -0.05) is 23.2 Å². The number of aryl methyl sites for hydroxylation is 1. The van der Waals surface area contributed by atoms with E-state index in [0.29, 0.717) is 22.1 Å². The van der Waals surface area contributed by atoms with Crippen molar-refractivity contribution in [3.8, 4) is 5.69 Å². The molecule has 14 heteroatoms. The number of hydrogen-bond acceptors (Lipinski definition) is 6. The maximum Gasteiger partial charge on any atom is 0.359 e. The summed E-state index contributed by atoms with van der Waals surface area (Å²) in [7, 11) is 0. The molecule has 5 aromatic rings. The molecular weight excluding hydrogens is 534 g/mol. The largest absolute Gasteiger partial charge is 0.359 e. The van der Waals surface area contributed by atoms with Crippen LogP contribution in [0, 0.1) is 17.5 Å². The van der Waals surface area contributed by atoms with Crippen LogP contribution in [0.2, 0.25) is 10.0 Å². The molecule has 0 spiro atoms. The van der Waals surface area contributed by atoms with Crippen LogP contribution in [-0.4, -0.2) is 28.9 Å². The van der Waals surface area contributed by atoms with E-state index in [1.807, 2.05) is 0 Å². The average molecular weight is 551 g/mol. The lowest BCUT2D eigenvalue weighted by Gasteiger charge is -2.16. The standard InChI is InChI=1S/C23H14Cl2F3N7O2/c1-33-9-12-3-20(15(25)5-19(12)32-33)30-21-31-22(36)35(14-4-13(24)7-29-8-14)23(37)34(21)10-11-2-17(27)18(28)6-16(11)26/h2-9H,10H2,1H3,(H,30,31,36)/i1D3. The minimum Gasteiger partial charge on any atom is -0.324 e. The lowest BCUT2D eigenvalue weighted by molar-refractivity contribution is 0.487. The molecule has 0 aliphatic carbocycles. The topological polar surface area (TPSA) is 99.6 Å². The van der Waals surface area contributed by atoms with Crippen molar-refractivity contribution < 1.29 is 17.3 Å². The zero-order valence-electron chi connectivity index (χ0n) is 21.2. The fourth-order valence-electron chi connectivity index (χ4n) is 3.59. The van der Waals surface area contributed by atoms with Crippen LogP contribution in [0.4, 0.5) is 24.8 Å². The van der Waals surface area contributed by atoms with Crippen molar-refractivity contribution in [1.29, 1.82) is 0 Å². The number of nitrogens with zero attached hydrogens (tertiary/aromatic N) is 6. The summed E-state index contributed by atoms with van der Waals surface area (Å²) in [6, 6.07) is 4.90. The summed E-state index contributed by atoms with van der Waals surface area (Å²) in [4.78, 5) is 34.3. The van der Waals surface area contributed by atoms with Crippen molar-refractivity contribution in [3.63, 3.8) is 0 Å². The van der Waals surface area contributed by atoms with Crippen LogP contribution in [0.15, 0.2) is 58.5 Å². The lowest BCUT2D eigenvalue weighted by Crippen LogP contribution is -2.42. The van der Waals surface area contributed by atoms with E-state index in [1.165, 1.54) is 36.8 Å². The maximum absolute atomic E-state index is 14.6. The average Bonchev–Trinajstić information content (AvgIpc) is 3.28. The Morgan fingerprint density at radius 3 is 2.57 bits per heavy atom. The highest BCUT2D eigenvalue weighted by atomic mass is 35.5. The lowest BCUT2D eigenvalue weighted by atomic mass is 10.2. The Morgan fingerprint density at radius 1 is 1.03 bits per heavy atom. The van der Waals surface area contributed by atoms with Gasteiger partial charge in [-0.15, -0.1) is 0 Å². The molecule has 0 bridgehead atoms. The molecule has 0 fully saturated rings. The highest BCUT2D eigenvalue weighted by Gasteiger charge is 2.19. The molecule has 2 aromatic carbocycles. The highest BCUT2D eigenvalue weighted by molar-refractivity contribution is 6.34. The first-order valence-electron chi connectivity index (χ1n) is 11.8. The number of rotatable bonds is 5. The number of fused-ring (bicyclic) bond motifs is 1. The third-order valence-corrected chi connectivity index (χ3v) is 5.80. The summed E-state index contributed by atoms with van der Waals surface area (Å²) >= 11 is 12.3. The van der Waals surface area contributed by atoms with Crippen LogP contribution >= 0.6 is 23.2 Å². The van der Waals surface area contributed by atoms with E-state index in [9.17, 15) is 22.8 Å². The van der Waals surface area contributed by atoms with Crippen molar-refractivity contribution in [2.75, 3.05) is 5.32 Å². The number of halogens is 5. The van der Waals surface area contributed by atoms with Gasteiger partial charge in [0.05, 0.1) is 39.7 Å². The Bertz CT molecular complexity index is 1930. The summed E-state index contributed by atoms with van der Waals surface area (Å²) in [6.07, 6.45) is 3.67. The van der Waals surface area contributed by atoms with Crippen LogP contribution in [0.3, 0.4) is 0 Å². The molecule has 3 heterocycles. The van der Waals surface area contributed by atoms with E-state index in [0.717, 1.165) is 9.25 Å². The van der Waals surface area contributed by atoms with Gasteiger partial charge in [0.2, 0.25) is 5.95 Å². The quantitative estimate of drug-likeness (QED) is 0.329. The normalized spacial score (nSPS) is 12.8. The predicted molar refractivity (Wildman–Crippen MR) is 131 cm³/mol. The number of hydrogen-bond donors (Lipinski definition) is 1. The van der Waals surface area contributed by atoms with Gasteiger partial charge in [0.1, 0.15) is 5.82 Å². The molecule has 1 N–H and O–H groups in total. The van der Waals surface area contributed by atoms with E-state index in [1.54, 1.807) is 0 Å². The second-order valence-electron chi connectivity index (χ2n) is 7.73. The summed E-state index contributed by atoms with van der Waals surface area (Å²) in [5, 5.41) is 7.12. The zero-order valence-corrected chi connectivity index (χ0v) is 19.7. The number of aromatic nitrogens is 6. The minimum atomic E-state index is -2.56. The van der Waals surface area contributed by atoms with Gasteiger partial charge >= 0.3 is 11.4 Å². The molecule has 37 heavy (non-hydrogen) atoms. The molecular formula is C23H14Cl2F3N7O2. The number of nitrogens with one attached hydrogen (secondary N) is 1. The van der Waals surface area contributed by atoms with E-state index in [4.69, 9.17) is 27.3 Å². The summed E-state index contributed by atoms with van der Waals surface area (Å²) in [5.74, 6) is -4.39. The molecule has 0 radical (unpaired) electrons. The monoisotopic (exact) mass is 550 g/mol. The molecule has 0 atom stereocenters. The Labute approximate surface area is 219 Å². The molecule has 0 aliphatic rings. The zero-order chi connectivity index (χ0) is 28.9. The second kappa shape index (κ2) is 9.37. The van der Waals surface area contributed by atoms with Crippen LogP contribution in [0.25, 0.3) is 16.6 Å². The van der Waals surface area contributed by atoms with Crippen molar-refractivity contribution in [2.45, 2.75) is 6.54 Å². The van der Waals surface area contributed by atoms with Crippen LogP contribution in [-0.2, 0) is 13.5 Å². The van der Waals surface area contributed by atoms with Crippen molar-refractivity contribution in [2.24, 2.45) is 6.98 Å². The van der Waals surface area contributed by atoms with Gasteiger partial charge < -0.3 is 5.32 Å². The Kier molecular flexibility index (Phi) is 5.31. The first kappa shape index (κ1) is 21.0. The Hall–Kier alpha value is -4.16. The SMILES string of the molecule is [2H]C([2H])([2H])n1cc2cc(Nc3nc(=O)n(-c4cncc(Cl)c4)c(=O)n3Cc3cc(F)c(F)cc3F)c(Cl)cc2n1. The summed E-state index contributed by atoms with van der Waals surface area (Å²) < 4.78 is 66.8. The smallest absolute Gasteiger partial charge is 0.324 e.